The maximum absolute atomic E-state index is 12.9. The van der Waals surface area contributed by atoms with E-state index in [9.17, 15) is 4.79 Å². The van der Waals surface area contributed by atoms with Crippen LogP contribution >= 0.6 is 0 Å². The number of carbonyl (C=O) groups excluding carboxylic acids is 1. The Balaban J connectivity index is 1.35. The van der Waals surface area contributed by atoms with E-state index in [1.165, 1.54) is 12.8 Å². The smallest absolute Gasteiger partial charge is 0.257 e. The molecule has 1 amide bonds. The number of hydrogen-bond donors (Lipinski definition) is 0. The van der Waals surface area contributed by atoms with Crippen molar-refractivity contribution in [1.29, 1.82) is 0 Å². The number of aromatic nitrogens is 2. The van der Waals surface area contributed by atoms with E-state index < -0.39 is 0 Å². The molecule has 0 atom stereocenters. The summed E-state index contributed by atoms with van der Waals surface area (Å²) in [5.41, 5.74) is 0.689. The van der Waals surface area contributed by atoms with Gasteiger partial charge in [-0.25, -0.2) is 0 Å². The van der Waals surface area contributed by atoms with Crippen LogP contribution in [0.25, 0.3) is 0 Å². The van der Waals surface area contributed by atoms with Gasteiger partial charge in [-0.15, -0.1) is 0 Å². The van der Waals surface area contributed by atoms with Gasteiger partial charge >= 0.3 is 0 Å². The molecule has 1 aromatic heterocycles. The molecule has 2 aromatic rings. The van der Waals surface area contributed by atoms with Crippen molar-refractivity contribution >= 4 is 5.91 Å². The molecule has 2 aliphatic heterocycles. The fraction of sp³-hybridized carbons (Fsp3) is 0.550. The molecule has 3 heterocycles. The summed E-state index contributed by atoms with van der Waals surface area (Å²) in [7, 11) is 0. The third kappa shape index (κ3) is 4.47. The third-order valence-corrected chi connectivity index (χ3v) is 5.36. The number of likely N-dealkylation sites (tertiary alicyclic amines) is 2. The van der Waals surface area contributed by atoms with Crippen LogP contribution in [0.4, 0.5) is 0 Å². The van der Waals surface area contributed by atoms with Crippen molar-refractivity contribution in [3.63, 3.8) is 0 Å². The van der Waals surface area contributed by atoms with E-state index in [0.29, 0.717) is 23.7 Å². The van der Waals surface area contributed by atoms with Crippen molar-refractivity contribution in [1.82, 2.24) is 19.9 Å². The zero-order chi connectivity index (χ0) is 18.5. The molecule has 0 saturated carbocycles. The number of ether oxygens (including phenoxy) is 1. The molecular formula is C20H26N4O3. The highest BCUT2D eigenvalue weighted by Crippen LogP contribution is 2.25. The Morgan fingerprint density at radius 3 is 2.63 bits per heavy atom. The average Bonchev–Trinajstić information content (AvgIpc) is 3.23. The van der Waals surface area contributed by atoms with Gasteiger partial charge in [0.1, 0.15) is 11.9 Å². The third-order valence-electron chi connectivity index (χ3n) is 5.36. The van der Waals surface area contributed by atoms with E-state index >= 15 is 0 Å². The van der Waals surface area contributed by atoms with Crippen LogP contribution in [0.3, 0.4) is 0 Å². The van der Waals surface area contributed by atoms with Gasteiger partial charge in [0.05, 0.1) is 12.1 Å². The molecule has 0 spiro atoms. The second kappa shape index (κ2) is 8.52. The van der Waals surface area contributed by atoms with Crippen LogP contribution in [0.2, 0.25) is 0 Å². The molecule has 0 N–H and O–H groups in total. The average molecular weight is 370 g/mol. The Morgan fingerprint density at radius 2 is 1.89 bits per heavy atom. The van der Waals surface area contributed by atoms with E-state index in [1.807, 2.05) is 29.2 Å². The maximum atomic E-state index is 12.9. The van der Waals surface area contributed by atoms with Crippen LogP contribution in [-0.4, -0.2) is 58.1 Å². The molecule has 0 unspecified atom stereocenters. The SMILES string of the molecule is O=C(c1ccccc1OC1CCN(Cc2ncon2)CC1)N1CCCCC1. The first-order chi connectivity index (χ1) is 13.3. The minimum absolute atomic E-state index is 0.0971. The van der Waals surface area contributed by atoms with Crippen LogP contribution < -0.4 is 4.74 Å². The number of para-hydroxylation sites is 1. The van der Waals surface area contributed by atoms with Crippen LogP contribution in [0, 0.1) is 0 Å². The molecule has 0 aliphatic carbocycles. The standard InChI is InChI=1S/C20H26N4O3/c25-20(24-10-4-1-5-11-24)17-6-2-3-7-18(17)27-16-8-12-23(13-9-16)14-19-21-15-26-22-19/h2-3,6-7,15-16H,1,4-5,8-14H2. The molecule has 1 aromatic carbocycles. The number of amides is 1. The lowest BCUT2D eigenvalue weighted by Gasteiger charge is -2.32. The summed E-state index contributed by atoms with van der Waals surface area (Å²) >= 11 is 0. The summed E-state index contributed by atoms with van der Waals surface area (Å²) in [6.07, 6.45) is 6.73. The van der Waals surface area contributed by atoms with Gasteiger partial charge in [-0.1, -0.05) is 17.3 Å². The summed E-state index contributed by atoms with van der Waals surface area (Å²) in [6.45, 7) is 4.24. The summed E-state index contributed by atoms with van der Waals surface area (Å²) in [6, 6.07) is 7.66. The minimum Gasteiger partial charge on any atom is -0.489 e. The molecule has 27 heavy (non-hydrogen) atoms. The summed E-state index contributed by atoms with van der Waals surface area (Å²) in [5.74, 6) is 1.52. The number of hydrogen-bond acceptors (Lipinski definition) is 6. The summed E-state index contributed by atoms with van der Waals surface area (Å²) < 4.78 is 11.1. The highest BCUT2D eigenvalue weighted by Gasteiger charge is 2.25. The summed E-state index contributed by atoms with van der Waals surface area (Å²) in [4.78, 5) is 21.2. The molecule has 2 aliphatic rings. The van der Waals surface area contributed by atoms with Crippen molar-refractivity contribution in [2.45, 2.75) is 44.8 Å². The number of piperidine rings is 2. The summed E-state index contributed by atoms with van der Waals surface area (Å²) in [5, 5.41) is 3.87. The molecule has 2 saturated heterocycles. The van der Waals surface area contributed by atoms with Gasteiger partial charge in [-0.3, -0.25) is 9.69 Å². The van der Waals surface area contributed by atoms with E-state index in [4.69, 9.17) is 9.26 Å². The Kier molecular flexibility index (Phi) is 5.67. The lowest BCUT2D eigenvalue weighted by Crippen LogP contribution is -2.39. The number of rotatable bonds is 5. The Bertz CT molecular complexity index is 735. The number of benzene rings is 1. The first kappa shape index (κ1) is 18.0. The fourth-order valence-corrected chi connectivity index (χ4v) is 3.84. The predicted octanol–water partition coefficient (Wildman–Crippen LogP) is 2.74. The predicted molar refractivity (Wildman–Crippen MR) is 99.4 cm³/mol. The van der Waals surface area contributed by atoms with E-state index in [-0.39, 0.29) is 12.0 Å². The number of carbonyl (C=O) groups is 1. The Labute approximate surface area is 159 Å². The highest BCUT2D eigenvalue weighted by molar-refractivity contribution is 5.97. The van der Waals surface area contributed by atoms with Gasteiger partial charge < -0.3 is 14.2 Å². The van der Waals surface area contributed by atoms with E-state index in [1.54, 1.807) is 0 Å². The molecule has 0 radical (unpaired) electrons. The van der Waals surface area contributed by atoms with E-state index in [0.717, 1.165) is 51.9 Å². The first-order valence-electron chi connectivity index (χ1n) is 9.82. The van der Waals surface area contributed by atoms with Crippen molar-refractivity contribution in [2.24, 2.45) is 0 Å². The van der Waals surface area contributed by atoms with Crippen LogP contribution in [0.15, 0.2) is 35.2 Å². The Morgan fingerprint density at radius 1 is 1.11 bits per heavy atom. The van der Waals surface area contributed by atoms with Gasteiger partial charge in [-0.05, 0) is 44.2 Å². The number of nitrogens with zero attached hydrogens (tertiary/aromatic N) is 4. The lowest BCUT2D eigenvalue weighted by atomic mass is 10.1. The molecule has 7 nitrogen and oxygen atoms in total. The molecule has 7 heteroatoms. The largest absolute Gasteiger partial charge is 0.489 e. The normalized spacial score (nSPS) is 19.2. The second-order valence-corrected chi connectivity index (χ2v) is 7.29. The second-order valence-electron chi connectivity index (χ2n) is 7.29. The topological polar surface area (TPSA) is 71.7 Å². The zero-order valence-corrected chi connectivity index (χ0v) is 15.5. The van der Waals surface area contributed by atoms with Gasteiger partial charge in [0.15, 0.2) is 5.82 Å². The maximum Gasteiger partial charge on any atom is 0.257 e. The van der Waals surface area contributed by atoms with Gasteiger partial charge in [-0.2, -0.15) is 4.98 Å². The fourth-order valence-electron chi connectivity index (χ4n) is 3.84. The van der Waals surface area contributed by atoms with Crippen molar-refractivity contribution in [2.75, 3.05) is 26.2 Å². The lowest BCUT2D eigenvalue weighted by molar-refractivity contribution is 0.0701. The zero-order valence-electron chi connectivity index (χ0n) is 15.5. The molecule has 4 rings (SSSR count). The highest BCUT2D eigenvalue weighted by atomic mass is 16.5. The van der Waals surface area contributed by atoms with Crippen molar-refractivity contribution < 1.29 is 14.1 Å². The van der Waals surface area contributed by atoms with Crippen LogP contribution in [0.1, 0.15) is 48.3 Å². The van der Waals surface area contributed by atoms with Crippen LogP contribution in [0.5, 0.6) is 5.75 Å². The van der Waals surface area contributed by atoms with Gasteiger partial charge in [0.25, 0.3) is 5.91 Å². The Hall–Kier alpha value is -2.41. The first-order valence-corrected chi connectivity index (χ1v) is 9.82. The molecule has 0 bridgehead atoms. The van der Waals surface area contributed by atoms with Crippen LogP contribution in [-0.2, 0) is 6.54 Å². The molecular weight excluding hydrogens is 344 g/mol. The molecule has 2 fully saturated rings. The quantitative estimate of drug-likeness (QED) is 0.806. The van der Waals surface area contributed by atoms with Crippen molar-refractivity contribution in [3.8, 4) is 5.75 Å². The van der Waals surface area contributed by atoms with Crippen molar-refractivity contribution in [3.05, 3.63) is 42.0 Å². The molecule has 144 valence electrons. The van der Waals surface area contributed by atoms with Gasteiger partial charge in [0.2, 0.25) is 6.39 Å². The van der Waals surface area contributed by atoms with E-state index in [2.05, 4.69) is 15.0 Å². The van der Waals surface area contributed by atoms with Gasteiger partial charge in [0, 0.05) is 26.2 Å². The monoisotopic (exact) mass is 370 g/mol. The minimum atomic E-state index is 0.0971.